The Morgan fingerprint density at radius 1 is 1.04 bits per heavy atom. The van der Waals surface area contributed by atoms with Gasteiger partial charge in [0.15, 0.2) is 0 Å². The smallest absolute Gasteiger partial charge is 0.0581 e. The van der Waals surface area contributed by atoms with Crippen LogP contribution in [0.5, 0.6) is 0 Å². The third-order valence-electron chi connectivity index (χ3n) is 4.70. The third-order valence-corrected chi connectivity index (χ3v) is 4.70. The molecule has 2 aromatic carbocycles. The predicted octanol–water partition coefficient (Wildman–Crippen LogP) is 2.53. The molecule has 2 aromatic rings. The van der Waals surface area contributed by atoms with Crippen LogP contribution in [0.25, 0.3) is 5.70 Å². The van der Waals surface area contributed by atoms with Gasteiger partial charge in [-0.15, -0.1) is 0 Å². The van der Waals surface area contributed by atoms with Crippen molar-refractivity contribution in [2.24, 2.45) is 11.5 Å². The minimum atomic E-state index is 0.424. The van der Waals surface area contributed by atoms with Crippen LogP contribution >= 0.6 is 0 Å². The lowest BCUT2D eigenvalue weighted by Crippen LogP contribution is -2.33. The minimum Gasteiger partial charge on any atom is -0.397 e. The highest BCUT2D eigenvalue weighted by molar-refractivity contribution is 5.65. The number of hydrogen-bond donors (Lipinski definition) is 3. The Bertz CT molecular complexity index is 682. The average molecular weight is 336 g/mol. The minimum absolute atomic E-state index is 0.424. The quantitative estimate of drug-likeness (QED) is 0.727. The molecule has 1 fully saturated rings. The molecule has 4 nitrogen and oxygen atoms in total. The Morgan fingerprint density at radius 3 is 2.40 bits per heavy atom. The summed E-state index contributed by atoms with van der Waals surface area (Å²) in [6.07, 6.45) is 1.90. The number of nitrogens with zero attached hydrogens (tertiary/aromatic N) is 1. The molecule has 1 atom stereocenters. The van der Waals surface area contributed by atoms with Crippen molar-refractivity contribution in [2.45, 2.75) is 25.4 Å². The van der Waals surface area contributed by atoms with E-state index in [2.05, 4.69) is 40.5 Å². The summed E-state index contributed by atoms with van der Waals surface area (Å²) in [5.74, 6) is 0. The van der Waals surface area contributed by atoms with Gasteiger partial charge in [-0.25, -0.2) is 0 Å². The van der Waals surface area contributed by atoms with Gasteiger partial charge in [-0.2, -0.15) is 0 Å². The van der Waals surface area contributed by atoms with Gasteiger partial charge in [0.25, 0.3) is 0 Å². The van der Waals surface area contributed by atoms with E-state index in [-0.39, 0.29) is 0 Å². The summed E-state index contributed by atoms with van der Waals surface area (Å²) < 4.78 is 0. The summed E-state index contributed by atoms with van der Waals surface area (Å²) in [7, 11) is 0. The molecule has 0 bridgehead atoms. The Balaban J connectivity index is 1.63. The fourth-order valence-electron chi connectivity index (χ4n) is 3.40. The first-order chi connectivity index (χ1) is 12.3. The van der Waals surface area contributed by atoms with E-state index in [0.717, 1.165) is 49.4 Å². The molecule has 0 radical (unpaired) electrons. The largest absolute Gasteiger partial charge is 0.397 e. The molecule has 1 saturated heterocycles. The van der Waals surface area contributed by atoms with Crippen LogP contribution in [-0.4, -0.2) is 30.6 Å². The van der Waals surface area contributed by atoms with Gasteiger partial charge < -0.3 is 16.8 Å². The number of nitrogens with two attached hydrogens (primary N) is 2. The first kappa shape index (κ1) is 17.5. The van der Waals surface area contributed by atoms with Crippen LogP contribution in [-0.2, 0) is 6.54 Å². The number of hydrogen-bond acceptors (Lipinski definition) is 4. The molecule has 0 spiro atoms. The van der Waals surface area contributed by atoms with E-state index in [1.165, 1.54) is 5.56 Å². The van der Waals surface area contributed by atoms with Crippen molar-refractivity contribution >= 4 is 5.70 Å². The van der Waals surface area contributed by atoms with Gasteiger partial charge in [0.2, 0.25) is 0 Å². The highest BCUT2D eigenvalue weighted by Crippen LogP contribution is 2.18. The predicted molar refractivity (Wildman–Crippen MR) is 104 cm³/mol. The molecular weight excluding hydrogens is 308 g/mol. The molecule has 1 aliphatic rings. The second-order valence-electron chi connectivity index (χ2n) is 6.65. The Morgan fingerprint density at radius 2 is 1.72 bits per heavy atom. The van der Waals surface area contributed by atoms with E-state index in [0.29, 0.717) is 12.6 Å². The summed E-state index contributed by atoms with van der Waals surface area (Å²) in [6, 6.07) is 21.2. The van der Waals surface area contributed by atoms with E-state index in [4.69, 9.17) is 11.5 Å². The van der Waals surface area contributed by atoms with Gasteiger partial charge in [-0.1, -0.05) is 60.7 Å². The monoisotopic (exact) mass is 336 g/mol. The van der Waals surface area contributed by atoms with Crippen LogP contribution in [0.3, 0.4) is 0 Å². The molecule has 0 saturated carbocycles. The number of rotatable bonds is 7. The fraction of sp³-hybridized carbons (Fsp3) is 0.333. The zero-order valence-electron chi connectivity index (χ0n) is 14.7. The molecule has 0 aliphatic carbocycles. The van der Waals surface area contributed by atoms with Crippen LogP contribution < -0.4 is 16.8 Å². The van der Waals surface area contributed by atoms with E-state index >= 15 is 0 Å². The zero-order chi connectivity index (χ0) is 17.5. The average Bonchev–Trinajstić information content (AvgIpc) is 3.09. The maximum atomic E-state index is 6.41. The van der Waals surface area contributed by atoms with Gasteiger partial charge in [-0.3, -0.25) is 4.90 Å². The molecule has 132 valence electrons. The maximum Gasteiger partial charge on any atom is 0.0581 e. The highest BCUT2D eigenvalue weighted by atomic mass is 15.2. The molecular formula is C21H28N4. The van der Waals surface area contributed by atoms with Crippen molar-refractivity contribution < 1.29 is 0 Å². The number of benzene rings is 2. The number of likely N-dealkylation sites (tertiary alicyclic amines) is 1. The maximum absolute atomic E-state index is 6.41. The highest BCUT2D eigenvalue weighted by Gasteiger charge is 2.23. The third kappa shape index (κ3) is 4.84. The van der Waals surface area contributed by atoms with Gasteiger partial charge in [-0.05, 0) is 24.1 Å². The van der Waals surface area contributed by atoms with Crippen molar-refractivity contribution in [2.75, 3.05) is 19.6 Å². The standard InChI is InChI=1S/C21H28N4/c22-13-11-20(21(23)18-9-5-2-6-10-18)24-19-12-14-25(16-19)15-17-7-3-1-4-8-17/h1-10,19,24H,11-16,22-23H2/b21-20-/t19-/m0/s1. The van der Waals surface area contributed by atoms with Crippen LogP contribution in [0.4, 0.5) is 0 Å². The normalized spacial score (nSPS) is 18.8. The molecule has 5 N–H and O–H groups in total. The van der Waals surface area contributed by atoms with Crippen molar-refractivity contribution in [1.82, 2.24) is 10.2 Å². The Labute approximate surface area is 150 Å². The zero-order valence-corrected chi connectivity index (χ0v) is 14.7. The fourth-order valence-corrected chi connectivity index (χ4v) is 3.40. The lowest BCUT2D eigenvalue weighted by Gasteiger charge is -2.21. The van der Waals surface area contributed by atoms with Crippen molar-refractivity contribution in [3.63, 3.8) is 0 Å². The summed E-state index contributed by atoms with van der Waals surface area (Å²) in [6.45, 7) is 3.73. The van der Waals surface area contributed by atoms with Gasteiger partial charge >= 0.3 is 0 Å². The summed E-state index contributed by atoms with van der Waals surface area (Å²) in [5, 5.41) is 3.66. The van der Waals surface area contributed by atoms with E-state index in [1.807, 2.05) is 30.3 Å². The number of nitrogens with one attached hydrogen (secondary N) is 1. The summed E-state index contributed by atoms with van der Waals surface area (Å²) in [4.78, 5) is 2.49. The van der Waals surface area contributed by atoms with Gasteiger partial charge in [0, 0.05) is 37.8 Å². The topological polar surface area (TPSA) is 67.3 Å². The van der Waals surface area contributed by atoms with Crippen molar-refractivity contribution in [3.8, 4) is 0 Å². The first-order valence-corrected chi connectivity index (χ1v) is 9.03. The molecule has 0 amide bonds. The second kappa shape index (κ2) is 8.70. The van der Waals surface area contributed by atoms with Crippen LogP contribution in [0.1, 0.15) is 24.0 Å². The van der Waals surface area contributed by atoms with E-state index in [9.17, 15) is 0 Å². The summed E-state index contributed by atoms with van der Waals surface area (Å²) in [5.41, 5.74) is 16.5. The van der Waals surface area contributed by atoms with Crippen LogP contribution in [0.15, 0.2) is 66.4 Å². The van der Waals surface area contributed by atoms with E-state index < -0.39 is 0 Å². The molecule has 25 heavy (non-hydrogen) atoms. The van der Waals surface area contributed by atoms with Crippen molar-refractivity contribution in [3.05, 3.63) is 77.5 Å². The second-order valence-corrected chi connectivity index (χ2v) is 6.65. The first-order valence-electron chi connectivity index (χ1n) is 9.03. The molecule has 3 rings (SSSR count). The van der Waals surface area contributed by atoms with Crippen molar-refractivity contribution in [1.29, 1.82) is 0 Å². The Hall–Kier alpha value is -2.30. The molecule has 4 heteroatoms. The Kier molecular flexibility index (Phi) is 6.09. The molecule has 1 aliphatic heterocycles. The summed E-state index contributed by atoms with van der Waals surface area (Å²) >= 11 is 0. The van der Waals surface area contributed by atoms with Gasteiger partial charge in [0.05, 0.1) is 5.70 Å². The SMILES string of the molecule is NCC/C(N[C@H]1CCN(Cc2ccccc2)C1)=C(/N)c1ccccc1. The lowest BCUT2D eigenvalue weighted by molar-refractivity contribution is 0.322. The van der Waals surface area contributed by atoms with Crippen LogP contribution in [0, 0.1) is 0 Å². The lowest BCUT2D eigenvalue weighted by atomic mass is 10.1. The van der Waals surface area contributed by atoms with Crippen LogP contribution in [0.2, 0.25) is 0 Å². The van der Waals surface area contributed by atoms with Gasteiger partial charge in [0.1, 0.15) is 0 Å². The van der Waals surface area contributed by atoms with E-state index in [1.54, 1.807) is 0 Å². The molecule has 0 unspecified atom stereocenters. The molecule has 0 aromatic heterocycles. The molecule has 1 heterocycles.